The number of benzene rings is 1. The van der Waals surface area contributed by atoms with Crippen LogP contribution in [0.4, 0.5) is 11.4 Å². The summed E-state index contributed by atoms with van der Waals surface area (Å²) in [4.78, 5) is 12.3. The fraction of sp³-hybridized carbons (Fsp3) is 0.412. The summed E-state index contributed by atoms with van der Waals surface area (Å²) in [5, 5.41) is 10.8. The molecule has 2 unspecified atom stereocenters. The Labute approximate surface area is 146 Å². The second-order valence-electron chi connectivity index (χ2n) is 5.92. The van der Waals surface area contributed by atoms with E-state index in [1.54, 1.807) is 25.3 Å². The summed E-state index contributed by atoms with van der Waals surface area (Å²) in [6, 6.07) is 6.75. The average molecular weight is 349 g/mol. The van der Waals surface area contributed by atoms with Crippen LogP contribution in [0.3, 0.4) is 0 Å². The second kappa shape index (κ2) is 7.68. The van der Waals surface area contributed by atoms with Crippen LogP contribution in [0.2, 0.25) is 5.02 Å². The molecule has 128 valence electrons. The zero-order valence-electron chi connectivity index (χ0n) is 13.5. The third kappa shape index (κ3) is 4.27. The fourth-order valence-corrected chi connectivity index (χ4v) is 2.84. The Morgan fingerprint density at radius 1 is 1.50 bits per heavy atom. The molecule has 1 aromatic heterocycles. The summed E-state index contributed by atoms with van der Waals surface area (Å²) < 4.78 is 7.45. The maximum atomic E-state index is 12.3. The van der Waals surface area contributed by atoms with Gasteiger partial charge >= 0.3 is 0 Å². The van der Waals surface area contributed by atoms with Crippen LogP contribution in [-0.4, -0.2) is 34.4 Å². The summed E-state index contributed by atoms with van der Waals surface area (Å²) >= 11 is 6.06. The van der Waals surface area contributed by atoms with Gasteiger partial charge in [-0.2, -0.15) is 5.10 Å². The van der Waals surface area contributed by atoms with E-state index in [0.29, 0.717) is 10.7 Å². The lowest BCUT2D eigenvalue weighted by molar-refractivity contribution is -0.116. The first kappa shape index (κ1) is 16.8. The topological polar surface area (TPSA) is 68.2 Å². The van der Waals surface area contributed by atoms with Crippen LogP contribution in [0.15, 0.2) is 36.7 Å². The molecule has 3 rings (SSSR count). The zero-order chi connectivity index (χ0) is 16.9. The van der Waals surface area contributed by atoms with Crippen LogP contribution in [0.5, 0.6) is 0 Å². The number of nitrogens with zero attached hydrogens (tertiary/aromatic N) is 2. The average Bonchev–Trinajstić information content (AvgIpc) is 3.22. The predicted molar refractivity (Wildman–Crippen MR) is 94.4 cm³/mol. The molecule has 0 radical (unpaired) electrons. The number of nitrogens with one attached hydrogen (secondary N) is 2. The number of halogens is 1. The molecule has 2 aromatic rings. The molecule has 2 heterocycles. The number of hydrogen-bond acceptors (Lipinski definition) is 4. The normalized spacial score (nSPS) is 18.3. The van der Waals surface area contributed by atoms with E-state index >= 15 is 0 Å². The fourth-order valence-electron chi connectivity index (χ4n) is 2.65. The van der Waals surface area contributed by atoms with Crippen LogP contribution >= 0.6 is 11.6 Å². The largest absolute Gasteiger partial charge is 0.376 e. The van der Waals surface area contributed by atoms with E-state index in [1.807, 2.05) is 23.0 Å². The van der Waals surface area contributed by atoms with E-state index in [0.717, 1.165) is 31.7 Å². The number of anilines is 2. The van der Waals surface area contributed by atoms with Gasteiger partial charge in [0.1, 0.15) is 6.04 Å². The van der Waals surface area contributed by atoms with Crippen molar-refractivity contribution in [2.45, 2.75) is 38.5 Å². The summed E-state index contributed by atoms with van der Waals surface area (Å²) in [5.74, 6) is -0.157. The number of aromatic nitrogens is 2. The van der Waals surface area contributed by atoms with Gasteiger partial charge in [0.25, 0.3) is 0 Å². The van der Waals surface area contributed by atoms with Crippen LogP contribution in [0.1, 0.15) is 19.8 Å². The Hall–Kier alpha value is -2.05. The lowest BCUT2D eigenvalue weighted by atomic mass is 10.2. The molecule has 1 saturated heterocycles. The van der Waals surface area contributed by atoms with Crippen LogP contribution < -0.4 is 10.6 Å². The van der Waals surface area contributed by atoms with Gasteiger partial charge in [-0.05, 0) is 31.9 Å². The van der Waals surface area contributed by atoms with Crippen LogP contribution in [0, 0.1) is 0 Å². The third-order valence-electron chi connectivity index (χ3n) is 3.96. The van der Waals surface area contributed by atoms with E-state index in [2.05, 4.69) is 15.7 Å². The lowest BCUT2D eigenvalue weighted by Gasteiger charge is -2.14. The Morgan fingerprint density at radius 2 is 2.33 bits per heavy atom. The van der Waals surface area contributed by atoms with E-state index < -0.39 is 6.04 Å². The van der Waals surface area contributed by atoms with Gasteiger partial charge in [0.05, 0.1) is 35.2 Å². The second-order valence-corrected chi connectivity index (χ2v) is 6.33. The summed E-state index contributed by atoms with van der Waals surface area (Å²) in [7, 11) is 0. The molecule has 1 aliphatic heterocycles. The summed E-state index contributed by atoms with van der Waals surface area (Å²) in [5.41, 5.74) is 1.40. The highest BCUT2D eigenvalue weighted by Gasteiger charge is 2.18. The first-order chi connectivity index (χ1) is 11.6. The molecule has 2 atom stereocenters. The third-order valence-corrected chi connectivity index (χ3v) is 4.29. The standard InChI is InChI=1S/C17H21ClN4O2/c1-12(17(23)21-16-7-3-2-6-15(16)18)20-13-9-19-22(10-13)11-14-5-4-8-24-14/h2-3,6-7,9-10,12,14,20H,4-5,8,11H2,1H3,(H,21,23). The van der Waals surface area contributed by atoms with Gasteiger partial charge in [-0.15, -0.1) is 0 Å². The first-order valence-electron chi connectivity index (χ1n) is 8.08. The van der Waals surface area contributed by atoms with Crippen molar-refractivity contribution in [2.75, 3.05) is 17.2 Å². The van der Waals surface area contributed by atoms with Crippen molar-refractivity contribution >= 4 is 28.9 Å². The minimum atomic E-state index is -0.415. The summed E-state index contributed by atoms with van der Waals surface area (Å²) in [6.07, 6.45) is 6.02. The number of carbonyl (C=O) groups is 1. The quantitative estimate of drug-likeness (QED) is 0.841. The molecule has 7 heteroatoms. The Morgan fingerprint density at radius 3 is 3.08 bits per heavy atom. The molecule has 0 spiro atoms. The number of hydrogen-bond donors (Lipinski definition) is 2. The van der Waals surface area contributed by atoms with Gasteiger partial charge in [-0.25, -0.2) is 0 Å². The molecule has 0 bridgehead atoms. The van der Waals surface area contributed by atoms with E-state index in [1.165, 1.54) is 0 Å². The van der Waals surface area contributed by atoms with Crippen molar-refractivity contribution in [3.63, 3.8) is 0 Å². The Kier molecular flexibility index (Phi) is 5.37. The minimum absolute atomic E-state index is 0.157. The Balaban J connectivity index is 1.54. The number of carbonyl (C=O) groups excluding carboxylic acids is 1. The van der Waals surface area contributed by atoms with Crippen molar-refractivity contribution in [1.82, 2.24) is 9.78 Å². The summed E-state index contributed by atoms with van der Waals surface area (Å²) in [6.45, 7) is 3.36. The lowest BCUT2D eigenvalue weighted by Crippen LogP contribution is -2.31. The number of rotatable bonds is 6. The van der Waals surface area contributed by atoms with Crippen LogP contribution in [-0.2, 0) is 16.1 Å². The van der Waals surface area contributed by atoms with Gasteiger partial charge in [-0.3, -0.25) is 9.48 Å². The maximum absolute atomic E-state index is 12.3. The molecular formula is C17H21ClN4O2. The van der Waals surface area contributed by atoms with Crippen molar-refractivity contribution in [2.24, 2.45) is 0 Å². The predicted octanol–water partition coefficient (Wildman–Crippen LogP) is 3.15. The first-order valence-corrected chi connectivity index (χ1v) is 8.45. The highest BCUT2D eigenvalue weighted by molar-refractivity contribution is 6.33. The molecule has 2 N–H and O–H groups in total. The molecule has 0 saturated carbocycles. The van der Waals surface area contributed by atoms with Crippen molar-refractivity contribution < 1.29 is 9.53 Å². The van der Waals surface area contributed by atoms with E-state index in [4.69, 9.17) is 16.3 Å². The highest BCUT2D eigenvalue weighted by atomic mass is 35.5. The molecular weight excluding hydrogens is 328 g/mol. The SMILES string of the molecule is CC(Nc1cnn(CC2CCCO2)c1)C(=O)Nc1ccccc1Cl. The monoisotopic (exact) mass is 348 g/mol. The Bertz CT molecular complexity index is 697. The van der Waals surface area contributed by atoms with Gasteiger partial charge in [0, 0.05) is 12.8 Å². The van der Waals surface area contributed by atoms with E-state index in [-0.39, 0.29) is 12.0 Å². The minimum Gasteiger partial charge on any atom is -0.376 e. The molecule has 24 heavy (non-hydrogen) atoms. The van der Waals surface area contributed by atoms with E-state index in [9.17, 15) is 4.79 Å². The number of ether oxygens (including phenoxy) is 1. The van der Waals surface area contributed by atoms with Gasteiger partial charge in [0.15, 0.2) is 0 Å². The van der Waals surface area contributed by atoms with Gasteiger partial charge in [0.2, 0.25) is 5.91 Å². The molecule has 1 aromatic carbocycles. The van der Waals surface area contributed by atoms with Crippen LogP contribution in [0.25, 0.3) is 0 Å². The molecule has 1 aliphatic rings. The zero-order valence-corrected chi connectivity index (χ0v) is 14.3. The number of amides is 1. The van der Waals surface area contributed by atoms with Crippen molar-refractivity contribution in [3.05, 3.63) is 41.7 Å². The van der Waals surface area contributed by atoms with Gasteiger partial charge in [-0.1, -0.05) is 23.7 Å². The van der Waals surface area contributed by atoms with Gasteiger partial charge < -0.3 is 15.4 Å². The molecule has 6 nitrogen and oxygen atoms in total. The number of para-hydroxylation sites is 1. The molecule has 1 fully saturated rings. The highest BCUT2D eigenvalue weighted by Crippen LogP contribution is 2.21. The maximum Gasteiger partial charge on any atom is 0.246 e. The van der Waals surface area contributed by atoms with Crippen molar-refractivity contribution in [3.8, 4) is 0 Å². The van der Waals surface area contributed by atoms with Crippen molar-refractivity contribution in [1.29, 1.82) is 0 Å². The molecule has 1 amide bonds. The molecule has 0 aliphatic carbocycles. The smallest absolute Gasteiger partial charge is 0.246 e.